The van der Waals surface area contributed by atoms with E-state index in [1.54, 1.807) is 0 Å². The molecule has 0 bridgehead atoms. The van der Waals surface area contributed by atoms with Crippen LogP contribution in [0.2, 0.25) is 0 Å². The van der Waals surface area contributed by atoms with Crippen molar-refractivity contribution in [3.8, 4) is 0 Å². The molecule has 1 aromatic carbocycles. The highest BCUT2D eigenvalue weighted by Gasteiger charge is 2.27. The molecule has 3 unspecified atom stereocenters. The fraction of sp³-hybridized carbons (Fsp3) is 0.667. The maximum atomic E-state index is 6.43. The second-order valence-electron chi connectivity index (χ2n) is 6.45. The minimum Gasteiger partial charge on any atom is -0.375 e. The van der Waals surface area contributed by atoms with Crippen molar-refractivity contribution in [3.05, 3.63) is 35.9 Å². The van der Waals surface area contributed by atoms with E-state index in [1.165, 1.54) is 5.56 Å². The molecule has 1 N–H and O–H groups in total. The van der Waals surface area contributed by atoms with Crippen LogP contribution in [0.15, 0.2) is 30.3 Å². The average molecular weight is 291 g/mol. The first kappa shape index (κ1) is 16.5. The third kappa shape index (κ3) is 5.42. The van der Waals surface area contributed by atoms with Crippen LogP contribution in [0.25, 0.3) is 0 Å². The van der Waals surface area contributed by atoms with Gasteiger partial charge >= 0.3 is 0 Å². The molecule has 1 aliphatic heterocycles. The van der Waals surface area contributed by atoms with Crippen LogP contribution in [0, 0.1) is 0 Å². The first-order valence-corrected chi connectivity index (χ1v) is 8.14. The summed E-state index contributed by atoms with van der Waals surface area (Å²) in [5.41, 5.74) is 1.25. The van der Waals surface area contributed by atoms with E-state index < -0.39 is 0 Å². The molecule has 1 fully saturated rings. The fourth-order valence-corrected chi connectivity index (χ4v) is 2.94. The molecule has 0 spiro atoms. The molecule has 21 heavy (non-hydrogen) atoms. The van der Waals surface area contributed by atoms with Gasteiger partial charge in [-0.25, -0.2) is 0 Å². The van der Waals surface area contributed by atoms with Gasteiger partial charge in [-0.2, -0.15) is 0 Å². The van der Waals surface area contributed by atoms with Crippen LogP contribution in [0.3, 0.4) is 0 Å². The molecule has 3 heteroatoms. The van der Waals surface area contributed by atoms with Crippen LogP contribution in [-0.2, 0) is 9.47 Å². The smallest absolute Gasteiger partial charge is 0.0953 e. The van der Waals surface area contributed by atoms with Crippen molar-refractivity contribution < 1.29 is 9.47 Å². The molecule has 1 aliphatic rings. The van der Waals surface area contributed by atoms with E-state index in [4.69, 9.17) is 9.47 Å². The Morgan fingerprint density at radius 2 is 1.76 bits per heavy atom. The molecular formula is C18H29NO2. The summed E-state index contributed by atoms with van der Waals surface area (Å²) in [4.78, 5) is 0. The van der Waals surface area contributed by atoms with Crippen LogP contribution >= 0.6 is 0 Å². The molecule has 0 aromatic heterocycles. The lowest BCUT2D eigenvalue weighted by molar-refractivity contribution is -0.122. The van der Waals surface area contributed by atoms with Crippen LogP contribution in [0.1, 0.15) is 52.2 Å². The highest BCUT2D eigenvalue weighted by Crippen LogP contribution is 2.27. The SMILES string of the molecule is CC(C)NCC(OC1CC(C)OC(C)C1)c1ccccc1. The lowest BCUT2D eigenvalue weighted by atomic mass is 10.0. The Balaban J connectivity index is 2.01. The summed E-state index contributed by atoms with van der Waals surface area (Å²) >= 11 is 0. The average Bonchev–Trinajstić information content (AvgIpc) is 2.43. The number of ether oxygens (including phenoxy) is 2. The lowest BCUT2D eigenvalue weighted by Crippen LogP contribution is -2.37. The van der Waals surface area contributed by atoms with Crippen molar-refractivity contribution in [3.63, 3.8) is 0 Å². The van der Waals surface area contributed by atoms with E-state index in [0.29, 0.717) is 6.04 Å². The minimum absolute atomic E-state index is 0.107. The summed E-state index contributed by atoms with van der Waals surface area (Å²) in [6.07, 6.45) is 2.92. The normalized spacial score (nSPS) is 27.8. The van der Waals surface area contributed by atoms with Crippen LogP contribution in [-0.4, -0.2) is 30.9 Å². The molecule has 0 amide bonds. The third-order valence-corrected chi connectivity index (χ3v) is 3.89. The Morgan fingerprint density at radius 1 is 1.14 bits per heavy atom. The largest absolute Gasteiger partial charge is 0.375 e. The van der Waals surface area contributed by atoms with E-state index >= 15 is 0 Å². The molecule has 3 atom stereocenters. The van der Waals surface area contributed by atoms with Crippen LogP contribution < -0.4 is 5.32 Å². The zero-order chi connectivity index (χ0) is 15.2. The maximum Gasteiger partial charge on any atom is 0.0953 e. The highest BCUT2D eigenvalue weighted by atomic mass is 16.5. The molecular weight excluding hydrogens is 262 g/mol. The second-order valence-corrected chi connectivity index (χ2v) is 6.45. The van der Waals surface area contributed by atoms with E-state index in [-0.39, 0.29) is 24.4 Å². The molecule has 1 heterocycles. The van der Waals surface area contributed by atoms with Gasteiger partial charge in [0.1, 0.15) is 0 Å². The molecule has 118 valence electrons. The summed E-state index contributed by atoms with van der Waals surface area (Å²) < 4.78 is 12.2. The first-order valence-electron chi connectivity index (χ1n) is 8.14. The number of rotatable bonds is 6. The summed E-state index contributed by atoms with van der Waals surface area (Å²) in [7, 11) is 0. The van der Waals surface area contributed by atoms with Gasteiger partial charge in [0.15, 0.2) is 0 Å². The minimum atomic E-state index is 0.107. The molecule has 0 aliphatic carbocycles. The van der Waals surface area contributed by atoms with Gasteiger partial charge in [0, 0.05) is 12.6 Å². The van der Waals surface area contributed by atoms with Gasteiger partial charge in [-0.05, 0) is 32.3 Å². The predicted molar refractivity (Wildman–Crippen MR) is 86.4 cm³/mol. The van der Waals surface area contributed by atoms with Crippen molar-refractivity contribution in [1.82, 2.24) is 5.32 Å². The van der Waals surface area contributed by atoms with Gasteiger partial charge in [0.05, 0.1) is 24.4 Å². The molecule has 1 aromatic rings. The number of benzene rings is 1. The third-order valence-electron chi connectivity index (χ3n) is 3.89. The Labute approximate surface area is 129 Å². The van der Waals surface area contributed by atoms with Crippen LogP contribution in [0.5, 0.6) is 0 Å². The number of nitrogens with one attached hydrogen (secondary N) is 1. The van der Waals surface area contributed by atoms with Gasteiger partial charge in [-0.15, -0.1) is 0 Å². The predicted octanol–water partition coefficient (Wildman–Crippen LogP) is 3.70. The molecule has 0 radical (unpaired) electrons. The standard InChI is InChI=1S/C18H29NO2/c1-13(2)19-12-18(16-8-6-5-7-9-16)21-17-10-14(3)20-15(4)11-17/h5-9,13-15,17-19H,10-12H2,1-4H3. The molecule has 1 saturated heterocycles. The monoisotopic (exact) mass is 291 g/mol. The molecule has 3 nitrogen and oxygen atoms in total. The van der Waals surface area contributed by atoms with Gasteiger partial charge in [0.25, 0.3) is 0 Å². The Bertz CT molecular complexity index is 397. The summed E-state index contributed by atoms with van der Waals surface area (Å²) in [5, 5.41) is 3.50. The Kier molecular flexibility index (Phi) is 6.22. The zero-order valence-corrected chi connectivity index (χ0v) is 13.7. The number of hydrogen-bond acceptors (Lipinski definition) is 3. The Hall–Kier alpha value is -0.900. The van der Waals surface area contributed by atoms with Crippen molar-refractivity contribution in [2.24, 2.45) is 0 Å². The van der Waals surface area contributed by atoms with E-state index in [0.717, 1.165) is 19.4 Å². The summed E-state index contributed by atoms with van der Waals surface area (Å²) in [6.45, 7) is 9.45. The lowest BCUT2D eigenvalue weighted by Gasteiger charge is -2.34. The van der Waals surface area contributed by atoms with Gasteiger partial charge in [-0.1, -0.05) is 44.2 Å². The summed E-state index contributed by atoms with van der Waals surface area (Å²) in [5.74, 6) is 0. The van der Waals surface area contributed by atoms with E-state index in [1.807, 2.05) is 0 Å². The van der Waals surface area contributed by atoms with Crippen LogP contribution in [0.4, 0.5) is 0 Å². The van der Waals surface area contributed by atoms with Crippen molar-refractivity contribution in [2.45, 2.75) is 71.0 Å². The highest BCUT2D eigenvalue weighted by molar-refractivity contribution is 5.18. The van der Waals surface area contributed by atoms with E-state index in [2.05, 4.69) is 63.3 Å². The Morgan fingerprint density at radius 3 is 2.33 bits per heavy atom. The molecule has 0 saturated carbocycles. The van der Waals surface area contributed by atoms with Crippen molar-refractivity contribution in [2.75, 3.05) is 6.54 Å². The van der Waals surface area contributed by atoms with Crippen molar-refractivity contribution >= 4 is 0 Å². The second kappa shape index (κ2) is 7.92. The topological polar surface area (TPSA) is 30.5 Å². The van der Waals surface area contributed by atoms with Gasteiger partial charge in [0.2, 0.25) is 0 Å². The van der Waals surface area contributed by atoms with Gasteiger partial charge in [-0.3, -0.25) is 0 Å². The maximum absolute atomic E-state index is 6.43. The van der Waals surface area contributed by atoms with Crippen molar-refractivity contribution in [1.29, 1.82) is 0 Å². The van der Waals surface area contributed by atoms with Gasteiger partial charge < -0.3 is 14.8 Å². The first-order chi connectivity index (χ1) is 10.0. The zero-order valence-electron chi connectivity index (χ0n) is 13.7. The van der Waals surface area contributed by atoms with E-state index in [9.17, 15) is 0 Å². The quantitative estimate of drug-likeness (QED) is 0.867. The number of hydrogen-bond donors (Lipinski definition) is 1. The summed E-state index contributed by atoms with van der Waals surface area (Å²) in [6, 6.07) is 11.0. The molecule has 2 rings (SSSR count). The fourth-order valence-electron chi connectivity index (χ4n) is 2.94.